The summed E-state index contributed by atoms with van der Waals surface area (Å²) in [5.41, 5.74) is 0. The highest BCUT2D eigenvalue weighted by molar-refractivity contribution is 7.48. The van der Waals surface area contributed by atoms with Gasteiger partial charge in [-0.1, -0.05) is 6.82 Å². The smallest absolute Gasteiger partial charge is 0.349 e. The number of hydrogen-bond acceptors (Lipinski definition) is 2. The van der Waals surface area contributed by atoms with Crippen LogP contribution in [-0.4, -0.2) is 7.48 Å². The van der Waals surface area contributed by atoms with E-state index in [2.05, 4.69) is 4.44 Å². The number of halogens is 2. The Kier molecular flexibility index (Phi) is 2.47. The molecule has 0 aliphatic rings. The van der Waals surface area contributed by atoms with Crippen LogP contribution in [0.4, 0.5) is 8.39 Å². The molecule has 0 atom stereocenters. The van der Waals surface area contributed by atoms with Crippen molar-refractivity contribution in [1.29, 1.82) is 0 Å². The van der Waals surface area contributed by atoms with Gasteiger partial charge in [-0.15, -0.1) is 8.39 Å². The van der Waals surface area contributed by atoms with Gasteiger partial charge in [-0.3, -0.25) is 0 Å². The molecule has 0 aromatic carbocycles. The van der Waals surface area contributed by atoms with Crippen LogP contribution >= 0.6 is 7.99 Å². The third kappa shape index (κ3) is 6.11. The van der Waals surface area contributed by atoms with E-state index in [4.69, 9.17) is 0 Å². The fourth-order valence-electron chi connectivity index (χ4n) is 0.123. The van der Waals surface area contributed by atoms with E-state index in [1.54, 1.807) is 0 Å². The van der Waals surface area contributed by atoms with E-state index >= 15 is 0 Å². The summed E-state index contributed by atoms with van der Waals surface area (Å²) in [4.78, 5) is 0. The average molecular weight is 127 g/mol. The lowest BCUT2D eigenvalue weighted by Gasteiger charge is -1.91. The summed E-state index contributed by atoms with van der Waals surface area (Å²) in [6.45, 7) is 1.23. The fraction of sp³-hybridized carbons (Fsp3) is 1.00. The minimum atomic E-state index is -5.22. The summed E-state index contributed by atoms with van der Waals surface area (Å²) in [5, 5.41) is 0. The van der Waals surface area contributed by atoms with Crippen molar-refractivity contribution >= 4 is 15.5 Å². The molecular formula is CH3BF2O2P. The van der Waals surface area contributed by atoms with Gasteiger partial charge in [0.2, 0.25) is 0 Å². The normalized spacial score (nSPS) is 11.3. The molecular weight excluding hydrogens is 124 g/mol. The van der Waals surface area contributed by atoms with Crippen LogP contribution < -0.4 is 0 Å². The maximum absolute atomic E-state index is 11.0. The van der Waals surface area contributed by atoms with E-state index in [1.165, 1.54) is 6.82 Å². The Morgan fingerprint density at radius 3 is 2.14 bits per heavy atom. The average Bonchev–Trinajstić information content (AvgIpc) is 1.30. The molecule has 0 amide bonds. The maximum Gasteiger partial charge on any atom is 0.536 e. The van der Waals surface area contributed by atoms with Gasteiger partial charge in [0.15, 0.2) is 0 Å². The van der Waals surface area contributed by atoms with Gasteiger partial charge in [-0.25, -0.2) is 4.57 Å². The van der Waals surface area contributed by atoms with Crippen molar-refractivity contribution in [2.75, 3.05) is 0 Å². The lowest BCUT2D eigenvalue weighted by molar-refractivity contribution is 0.394. The third-order valence-corrected chi connectivity index (χ3v) is 0.684. The first-order chi connectivity index (χ1) is 3.06. The molecule has 0 unspecified atom stereocenters. The minimum Gasteiger partial charge on any atom is -0.349 e. The van der Waals surface area contributed by atoms with Crippen LogP contribution in [0.15, 0.2) is 0 Å². The first-order valence-corrected chi connectivity index (χ1v) is 2.92. The Morgan fingerprint density at radius 2 is 2.14 bits per heavy atom. The predicted octanol–water partition coefficient (Wildman–Crippen LogP) is 1.72. The summed E-state index contributed by atoms with van der Waals surface area (Å²) in [5.74, 6) is 0. The molecule has 0 rings (SSSR count). The van der Waals surface area contributed by atoms with Gasteiger partial charge in [0.1, 0.15) is 0 Å². The predicted molar refractivity (Wildman–Crippen MR) is 22.5 cm³/mol. The van der Waals surface area contributed by atoms with Gasteiger partial charge < -0.3 is 4.44 Å². The van der Waals surface area contributed by atoms with Crippen LogP contribution in [0, 0.1) is 0 Å². The molecule has 0 spiro atoms. The molecule has 2 nitrogen and oxygen atoms in total. The van der Waals surface area contributed by atoms with E-state index in [-0.39, 0.29) is 0 Å². The molecule has 6 heteroatoms. The first kappa shape index (κ1) is 7.11. The van der Waals surface area contributed by atoms with E-state index in [0.717, 1.165) is 0 Å². The molecule has 0 fully saturated rings. The molecule has 0 saturated carbocycles. The van der Waals surface area contributed by atoms with E-state index < -0.39 is 7.99 Å². The lowest BCUT2D eigenvalue weighted by atomic mass is 10.1. The van der Waals surface area contributed by atoms with Crippen molar-refractivity contribution in [3.05, 3.63) is 0 Å². The van der Waals surface area contributed by atoms with Gasteiger partial charge in [0.05, 0.1) is 0 Å². The molecule has 0 saturated heterocycles. The molecule has 7 heavy (non-hydrogen) atoms. The second-order valence-corrected chi connectivity index (χ2v) is 1.80. The van der Waals surface area contributed by atoms with Gasteiger partial charge >= 0.3 is 15.5 Å². The second-order valence-electron chi connectivity index (χ2n) is 0.756. The molecule has 0 aromatic heterocycles. The standard InChI is InChI=1S/CH3BF2O2P/c1-2-6-7(3,4)5/h1H3. The third-order valence-electron chi connectivity index (χ3n) is 0.228. The first-order valence-electron chi connectivity index (χ1n) is 1.52. The van der Waals surface area contributed by atoms with Crippen molar-refractivity contribution < 1.29 is 17.4 Å². The summed E-state index contributed by atoms with van der Waals surface area (Å²) >= 11 is 0. The highest BCUT2D eigenvalue weighted by atomic mass is 31.2. The molecule has 0 aliphatic carbocycles. The summed E-state index contributed by atoms with van der Waals surface area (Å²) in [7, 11) is -4.53. The van der Waals surface area contributed by atoms with Crippen LogP contribution in [0.2, 0.25) is 6.82 Å². The van der Waals surface area contributed by atoms with Crippen molar-refractivity contribution in [3.8, 4) is 0 Å². The van der Waals surface area contributed by atoms with Crippen LogP contribution in [0.3, 0.4) is 0 Å². The van der Waals surface area contributed by atoms with E-state index in [9.17, 15) is 13.0 Å². The Balaban J connectivity index is 3.36. The van der Waals surface area contributed by atoms with Crippen molar-refractivity contribution in [2.45, 2.75) is 6.82 Å². The Bertz CT molecular complexity index is 89.7. The van der Waals surface area contributed by atoms with Crippen molar-refractivity contribution in [3.63, 3.8) is 0 Å². The Morgan fingerprint density at radius 1 is 1.71 bits per heavy atom. The molecule has 0 bridgehead atoms. The van der Waals surface area contributed by atoms with Crippen molar-refractivity contribution in [1.82, 2.24) is 0 Å². The van der Waals surface area contributed by atoms with Gasteiger partial charge in [-0.2, -0.15) is 0 Å². The fourth-order valence-corrected chi connectivity index (χ4v) is 0.368. The highest BCUT2D eigenvalue weighted by Crippen LogP contribution is 2.49. The largest absolute Gasteiger partial charge is 0.536 e. The number of hydrogen-bond donors (Lipinski definition) is 0. The topological polar surface area (TPSA) is 26.3 Å². The SMILES string of the molecule is C[B]OP(=O)(F)F. The zero-order chi connectivity index (χ0) is 5.91. The van der Waals surface area contributed by atoms with Crippen LogP contribution in [0.25, 0.3) is 0 Å². The minimum absolute atomic E-state index is 0.695. The van der Waals surface area contributed by atoms with Crippen LogP contribution in [0.1, 0.15) is 0 Å². The summed E-state index contributed by atoms with van der Waals surface area (Å²) < 4.78 is 34.6. The molecule has 0 aromatic rings. The summed E-state index contributed by atoms with van der Waals surface area (Å²) in [6.07, 6.45) is 0. The summed E-state index contributed by atoms with van der Waals surface area (Å²) in [6, 6.07) is 0. The van der Waals surface area contributed by atoms with E-state index in [0.29, 0.717) is 7.48 Å². The van der Waals surface area contributed by atoms with Gasteiger partial charge in [0, 0.05) is 0 Å². The maximum atomic E-state index is 11.0. The number of rotatable bonds is 2. The molecule has 1 radical (unpaired) electrons. The van der Waals surface area contributed by atoms with Crippen molar-refractivity contribution in [2.24, 2.45) is 0 Å². The highest BCUT2D eigenvalue weighted by Gasteiger charge is 2.17. The lowest BCUT2D eigenvalue weighted by Crippen LogP contribution is -1.81. The Hall–Kier alpha value is 0.115. The molecule has 0 aliphatic heterocycles. The van der Waals surface area contributed by atoms with Gasteiger partial charge in [0.25, 0.3) is 0 Å². The quantitative estimate of drug-likeness (QED) is 0.416. The van der Waals surface area contributed by atoms with Crippen LogP contribution in [-0.2, 0) is 9.01 Å². The molecule has 41 valence electrons. The monoisotopic (exact) mass is 127 g/mol. The Labute approximate surface area is 40.8 Å². The van der Waals surface area contributed by atoms with Crippen LogP contribution in [0.5, 0.6) is 0 Å². The van der Waals surface area contributed by atoms with E-state index in [1.807, 2.05) is 0 Å². The molecule has 0 N–H and O–H groups in total. The second kappa shape index (κ2) is 2.43. The van der Waals surface area contributed by atoms with Gasteiger partial charge in [-0.05, 0) is 0 Å². The zero-order valence-corrected chi connectivity index (χ0v) is 4.49. The molecule has 0 heterocycles. The zero-order valence-electron chi connectivity index (χ0n) is 3.60.